The maximum absolute atomic E-state index is 13.2. The van der Waals surface area contributed by atoms with E-state index in [0.717, 1.165) is 5.92 Å². The molecule has 1 aromatic carbocycles. The Morgan fingerprint density at radius 2 is 1.75 bits per heavy atom. The van der Waals surface area contributed by atoms with Crippen molar-refractivity contribution >= 4 is 0 Å². The van der Waals surface area contributed by atoms with Crippen LogP contribution < -0.4 is 5.32 Å². The van der Waals surface area contributed by atoms with Gasteiger partial charge in [-0.25, -0.2) is 4.39 Å². The molecule has 0 aromatic heterocycles. The molecular weight excluding hydrogens is 251 g/mol. The van der Waals surface area contributed by atoms with Crippen molar-refractivity contribution in [2.24, 2.45) is 5.92 Å². The molecule has 1 atom stereocenters. The molecule has 1 saturated carbocycles. The first kappa shape index (κ1) is 15.5. The third-order valence-electron chi connectivity index (χ3n) is 5.06. The van der Waals surface area contributed by atoms with Crippen LogP contribution in [0, 0.1) is 11.7 Å². The summed E-state index contributed by atoms with van der Waals surface area (Å²) in [5.41, 5.74) is 1.30. The van der Waals surface area contributed by atoms with E-state index in [2.05, 4.69) is 31.2 Å². The van der Waals surface area contributed by atoms with Crippen LogP contribution in [-0.2, 0) is 0 Å². The molecule has 0 spiro atoms. The largest absolute Gasteiger partial charge is 0.311 e. The van der Waals surface area contributed by atoms with Gasteiger partial charge in [0.1, 0.15) is 5.82 Å². The predicted octanol–water partition coefficient (Wildman–Crippen LogP) is 3.60. The molecule has 0 heterocycles. The molecule has 3 heteroatoms. The average molecular weight is 278 g/mol. The molecule has 0 radical (unpaired) electrons. The van der Waals surface area contributed by atoms with E-state index in [1.807, 2.05) is 19.2 Å². The summed E-state index contributed by atoms with van der Waals surface area (Å²) in [6.45, 7) is 2.34. The van der Waals surface area contributed by atoms with Gasteiger partial charge in [-0.1, -0.05) is 19.1 Å². The number of hydrogen-bond acceptors (Lipinski definition) is 2. The second-order valence-electron chi connectivity index (χ2n) is 6.45. The van der Waals surface area contributed by atoms with Crippen LogP contribution in [0.25, 0.3) is 0 Å². The first-order chi connectivity index (χ1) is 9.49. The van der Waals surface area contributed by atoms with E-state index in [9.17, 15) is 4.39 Å². The molecule has 0 bridgehead atoms. The normalized spacial score (nSPS) is 28.6. The minimum absolute atomic E-state index is 0.124. The molecule has 1 aliphatic carbocycles. The molecule has 20 heavy (non-hydrogen) atoms. The minimum Gasteiger partial charge on any atom is -0.311 e. The van der Waals surface area contributed by atoms with Crippen molar-refractivity contribution in [3.63, 3.8) is 0 Å². The zero-order valence-corrected chi connectivity index (χ0v) is 13.1. The van der Waals surface area contributed by atoms with Crippen molar-refractivity contribution < 1.29 is 4.39 Å². The van der Waals surface area contributed by atoms with E-state index in [1.165, 1.54) is 31.2 Å². The van der Waals surface area contributed by atoms with Crippen LogP contribution in [0.5, 0.6) is 0 Å². The average Bonchev–Trinajstić information content (AvgIpc) is 2.43. The number of likely N-dealkylation sites (N-methyl/N-ethyl adjacent to an activating group) is 2. The molecule has 112 valence electrons. The Balaban J connectivity index is 2.33. The summed E-state index contributed by atoms with van der Waals surface area (Å²) < 4.78 is 13.2. The van der Waals surface area contributed by atoms with Crippen molar-refractivity contribution in [1.29, 1.82) is 0 Å². The van der Waals surface area contributed by atoms with E-state index in [1.54, 1.807) is 12.1 Å². The lowest BCUT2D eigenvalue weighted by atomic mass is 9.70. The summed E-state index contributed by atoms with van der Waals surface area (Å²) in [5, 5.41) is 3.48. The van der Waals surface area contributed by atoms with E-state index in [4.69, 9.17) is 0 Å². The van der Waals surface area contributed by atoms with Crippen molar-refractivity contribution in [2.45, 2.75) is 44.2 Å². The number of benzene rings is 1. The third kappa shape index (κ3) is 2.89. The smallest absolute Gasteiger partial charge is 0.123 e. The quantitative estimate of drug-likeness (QED) is 0.905. The molecule has 2 nitrogen and oxygen atoms in total. The molecule has 1 aromatic rings. The highest BCUT2D eigenvalue weighted by atomic mass is 19.1. The first-order valence-electron chi connectivity index (χ1n) is 7.60. The summed E-state index contributed by atoms with van der Waals surface area (Å²) in [7, 11) is 6.35. The second kappa shape index (κ2) is 6.23. The van der Waals surface area contributed by atoms with Gasteiger partial charge in [-0.3, -0.25) is 0 Å². The minimum atomic E-state index is -0.167. The molecule has 0 amide bonds. The van der Waals surface area contributed by atoms with Gasteiger partial charge >= 0.3 is 0 Å². The summed E-state index contributed by atoms with van der Waals surface area (Å²) in [6.07, 6.45) is 4.89. The molecular formula is C17H27FN2. The summed E-state index contributed by atoms with van der Waals surface area (Å²) in [5.74, 6) is 0.647. The third-order valence-corrected chi connectivity index (χ3v) is 5.06. The van der Waals surface area contributed by atoms with Crippen molar-refractivity contribution in [3.8, 4) is 0 Å². The Morgan fingerprint density at radius 1 is 1.20 bits per heavy atom. The van der Waals surface area contributed by atoms with Crippen LogP contribution >= 0.6 is 0 Å². The fourth-order valence-corrected chi connectivity index (χ4v) is 3.66. The summed E-state index contributed by atoms with van der Waals surface area (Å²) in [6, 6.07) is 7.20. The van der Waals surface area contributed by atoms with Crippen molar-refractivity contribution in [1.82, 2.24) is 10.2 Å². The van der Waals surface area contributed by atoms with E-state index in [0.29, 0.717) is 0 Å². The highest BCUT2D eigenvalue weighted by Gasteiger charge is 2.43. The van der Waals surface area contributed by atoms with Gasteiger partial charge in [0.2, 0.25) is 0 Å². The van der Waals surface area contributed by atoms with Crippen LogP contribution in [0.1, 0.15) is 44.2 Å². The number of nitrogens with one attached hydrogen (secondary N) is 1. The molecule has 0 saturated heterocycles. The van der Waals surface area contributed by atoms with Crippen LogP contribution in [0.15, 0.2) is 24.3 Å². The van der Waals surface area contributed by atoms with Gasteiger partial charge in [0.15, 0.2) is 0 Å². The standard InChI is InChI=1S/C17H27FN2/c1-13-9-11-17(12-10-13,20(3)4)16(19-2)14-5-7-15(18)8-6-14/h5-8,13,16,19H,9-12H2,1-4H3. The summed E-state index contributed by atoms with van der Waals surface area (Å²) >= 11 is 0. The lowest BCUT2D eigenvalue weighted by molar-refractivity contribution is 0.0455. The Hall–Kier alpha value is -0.930. The maximum atomic E-state index is 13.2. The molecule has 1 N–H and O–H groups in total. The van der Waals surface area contributed by atoms with E-state index < -0.39 is 0 Å². The van der Waals surface area contributed by atoms with Crippen LogP contribution in [0.2, 0.25) is 0 Å². The van der Waals surface area contributed by atoms with E-state index >= 15 is 0 Å². The lowest BCUT2D eigenvalue weighted by Gasteiger charge is -2.50. The van der Waals surface area contributed by atoms with Gasteiger partial charge in [0, 0.05) is 5.54 Å². The van der Waals surface area contributed by atoms with Gasteiger partial charge in [0.25, 0.3) is 0 Å². The van der Waals surface area contributed by atoms with Crippen molar-refractivity contribution in [2.75, 3.05) is 21.1 Å². The fraction of sp³-hybridized carbons (Fsp3) is 0.647. The number of halogens is 1. The molecule has 1 unspecified atom stereocenters. The van der Waals surface area contributed by atoms with Gasteiger partial charge in [0.05, 0.1) is 6.04 Å². The highest BCUT2D eigenvalue weighted by molar-refractivity contribution is 5.24. The zero-order chi connectivity index (χ0) is 14.8. The lowest BCUT2D eigenvalue weighted by Crippen LogP contribution is -2.55. The highest BCUT2D eigenvalue weighted by Crippen LogP contribution is 2.43. The van der Waals surface area contributed by atoms with Crippen LogP contribution in [0.3, 0.4) is 0 Å². The Morgan fingerprint density at radius 3 is 2.20 bits per heavy atom. The van der Waals surface area contributed by atoms with Gasteiger partial charge in [-0.15, -0.1) is 0 Å². The van der Waals surface area contributed by atoms with Gasteiger partial charge < -0.3 is 10.2 Å². The Labute approximate surface area is 122 Å². The Kier molecular flexibility index (Phi) is 4.82. The fourth-order valence-electron chi connectivity index (χ4n) is 3.66. The van der Waals surface area contributed by atoms with Crippen LogP contribution in [-0.4, -0.2) is 31.6 Å². The molecule has 1 fully saturated rings. The van der Waals surface area contributed by atoms with Gasteiger partial charge in [-0.05, 0) is 70.4 Å². The molecule has 2 rings (SSSR count). The monoisotopic (exact) mass is 278 g/mol. The number of rotatable bonds is 4. The zero-order valence-electron chi connectivity index (χ0n) is 13.1. The maximum Gasteiger partial charge on any atom is 0.123 e. The van der Waals surface area contributed by atoms with Gasteiger partial charge in [-0.2, -0.15) is 0 Å². The first-order valence-corrected chi connectivity index (χ1v) is 7.60. The topological polar surface area (TPSA) is 15.3 Å². The number of nitrogens with zero attached hydrogens (tertiary/aromatic N) is 1. The molecule has 1 aliphatic rings. The van der Waals surface area contributed by atoms with Crippen LogP contribution in [0.4, 0.5) is 4.39 Å². The van der Waals surface area contributed by atoms with E-state index in [-0.39, 0.29) is 17.4 Å². The molecule has 0 aliphatic heterocycles. The predicted molar refractivity (Wildman–Crippen MR) is 82.3 cm³/mol. The summed E-state index contributed by atoms with van der Waals surface area (Å²) in [4.78, 5) is 2.36. The second-order valence-corrected chi connectivity index (χ2v) is 6.45. The number of hydrogen-bond donors (Lipinski definition) is 1. The Bertz CT molecular complexity index is 419. The van der Waals surface area contributed by atoms with Crippen molar-refractivity contribution in [3.05, 3.63) is 35.6 Å². The SMILES string of the molecule is CNC(c1ccc(F)cc1)C1(N(C)C)CCC(C)CC1.